The topological polar surface area (TPSA) is 50.8 Å². The molecular weight excluding hydrogens is 387 g/mol. The summed E-state index contributed by atoms with van der Waals surface area (Å²) in [4.78, 5) is 15.1. The van der Waals surface area contributed by atoms with Gasteiger partial charge in [0.2, 0.25) is 0 Å². The maximum absolute atomic E-state index is 12.9. The fourth-order valence-corrected chi connectivity index (χ4v) is 3.61. The fraction of sp³-hybridized carbons (Fsp3) is 0.350. The summed E-state index contributed by atoms with van der Waals surface area (Å²) in [6.07, 6.45) is 2.28. The molecular formula is C20H22Cl2N2O3. The van der Waals surface area contributed by atoms with Crippen LogP contribution in [0.2, 0.25) is 10.0 Å². The van der Waals surface area contributed by atoms with Crippen LogP contribution in [-0.4, -0.2) is 32.7 Å². The van der Waals surface area contributed by atoms with Gasteiger partial charge in [0.25, 0.3) is 5.91 Å². The molecule has 1 N–H and O–H groups in total. The average Bonchev–Trinajstić information content (AvgIpc) is 3.17. The molecule has 1 saturated heterocycles. The van der Waals surface area contributed by atoms with Crippen LogP contribution in [0.1, 0.15) is 30.1 Å². The highest BCUT2D eigenvalue weighted by atomic mass is 35.5. The van der Waals surface area contributed by atoms with Crippen LogP contribution in [0.5, 0.6) is 11.5 Å². The van der Waals surface area contributed by atoms with Crippen LogP contribution in [0.15, 0.2) is 30.3 Å². The number of hydrogen-bond donors (Lipinski definition) is 1. The summed E-state index contributed by atoms with van der Waals surface area (Å²) < 4.78 is 10.8. The highest BCUT2D eigenvalue weighted by Crippen LogP contribution is 2.37. The third kappa shape index (κ3) is 4.42. The van der Waals surface area contributed by atoms with Gasteiger partial charge in [-0.2, -0.15) is 0 Å². The van der Waals surface area contributed by atoms with E-state index < -0.39 is 0 Å². The lowest BCUT2D eigenvalue weighted by atomic mass is 10.1. The van der Waals surface area contributed by atoms with E-state index in [4.69, 9.17) is 32.7 Å². The van der Waals surface area contributed by atoms with E-state index in [1.165, 1.54) is 7.11 Å². The van der Waals surface area contributed by atoms with Crippen molar-refractivity contribution in [1.29, 1.82) is 0 Å². The molecule has 0 aliphatic carbocycles. The molecule has 0 bridgehead atoms. The van der Waals surface area contributed by atoms with Crippen molar-refractivity contribution in [2.24, 2.45) is 0 Å². The van der Waals surface area contributed by atoms with E-state index in [1.807, 2.05) is 19.1 Å². The molecule has 144 valence electrons. The molecule has 1 aliphatic rings. The van der Waals surface area contributed by atoms with Crippen LogP contribution in [0, 0.1) is 0 Å². The maximum atomic E-state index is 12.9. The molecule has 0 atom stereocenters. The maximum Gasteiger partial charge on any atom is 0.255 e. The Hall–Kier alpha value is -2.11. The second-order valence-electron chi connectivity index (χ2n) is 6.23. The number of rotatable bonds is 6. The van der Waals surface area contributed by atoms with Crippen molar-refractivity contribution in [2.75, 3.05) is 37.0 Å². The largest absolute Gasteiger partial charge is 0.493 e. The molecule has 1 heterocycles. The Morgan fingerprint density at radius 3 is 2.59 bits per heavy atom. The SMILES string of the molecule is CCOc1c(Cl)cc(C(=O)Nc2cc(Cl)ccc2N2CCCC2)cc1OC. The number of carbonyl (C=O) groups excluding carboxylic acids is 1. The normalized spacial score (nSPS) is 13.6. The van der Waals surface area contributed by atoms with E-state index in [2.05, 4.69) is 10.2 Å². The number of nitrogens with one attached hydrogen (secondary N) is 1. The summed E-state index contributed by atoms with van der Waals surface area (Å²) in [6, 6.07) is 8.73. The predicted octanol–water partition coefficient (Wildman–Crippen LogP) is 5.25. The minimum Gasteiger partial charge on any atom is -0.493 e. The lowest BCUT2D eigenvalue weighted by Gasteiger charge is -2.22. The highest BCUT2D eigenvalue weighted by Gasteiger charge is 2.20. The Morgan fingerprint density at radius 2 is 1.93 bits per heavy atom. The Balaban J connectivity index is 1.89. The number of carbonyl (C=O) groups is 1. The molecule has 1 fully saturated rings. The van der Waals surface area contributed by atoms with Gasteiger partial charge in [0.15, 0.2) is 11.5 Å². The Bertz CT molecular complexity index is 836. The smallest absolute Gasteiger partial charge is 0.255 e. The van der Waals surface area contributed by atoms with Crippen molar-refractivity contribution in [3.8, 4) is 11.5 Å². The first-order valence-electron chi connectivity index (χ1n) is 8.89. The molecule has 0 saturated carbocycles. The number of anilines is 2. The Kier molecular flexibility index (Phi) is 6.34. The first-order valence-corrected chi connectivity index (χ1v) is 9.65. The summed E-state index contributed by atoms with van der Waals surface area (Å²) in [5.41, 5.74) is 2.03. The van der Waals surface area contributed by atoms with Crippen molar-refractivity contribution in [1.82, 2.24) is 0 Å². The zero-order valence-corrected chi connectivity index (χ0v) is 16.9. The van der Waals surface area contributed by atoms with Gasteiger partial charge in [-0.05, 0) is 50.1 Å². The van der Waals surface area contributed by atoms with Crippen LogP contribution in [0.25, 0.3) is 0 Å². The molecule has 1 amide bonds. The van der Waals surface area contributed by atoms with E-state index in [-0.39, 0.29) is 5.91 Å². The van der Waals surface area contributed by atoms with Gasteiger partial charge in [-0.1, -0.05) is 23.2 Å². The van der Waals surface area contributed by atoms with Crippen molar-refractivity contribution in [3.63, 3.8) is 0 Å². The van der Waals surface area contributed by atoms with Crippen molar-refractivity contribution in [2.45, 2.75) is 19.8 Å². The van der Waals surface area contributed by atoms with Crippen LogP contribution in [-0.2, 0) is 0 Å². The first-order chi connectivity index (χ1) is 13.0. The first kappa shape index (κ1) is 19.6. The number of methoxy groups -OCH3 is 1. The molecule has 27 heavy (non-hydrogen) atoms. The van der Waals surface area contributed by atoms with E-state index in [0.29, 0.717) is 39.4 Å². The minimum absolute atomic E-state index is 0.291. The minimum atomic E-state index is -0.291. The highest BCUT2D eigenvalue weighted by molar-refractivity contribution is 6.33. The van der Waals surface area contributed by atoms with Crippen molar-refractivity contribution >= 4 is 40.5 Å². The summed E-state index contributed by atoms with van der Waals surface area (Å²) in [7, 11) is 1.51. The van der Waals surface area contributed by atoms with Crippen LogP contribution >= 0.6 is 23.2 Å². The molecule has 2 aromatic rings. The summed E-state index contributed by atoms with van der Waals surface area (Å²) >= 11 is 12.4. The molecule has 0 unspecified atom stereocenters. The van der Waals surface area contributed by atoms with Crippen LogP contribution in [0.4, 0.5) is 11.4 Å². The molecule has 2 aromatic carbocycles. The standard InChI is InChI=1S/C20H22Cl2N2O3/c1-3-27-19-15(22)10-13(11-18(19)26-2)20(25)23-16-12-14(21)6-7-17(16)24-8-4-5-9-24/h6-7,10-12H,3-5,8-9H2,1-2H3,(H,23,25). The van der Waals surface area contributed by atoms with Gasteiger partial charge in [0.05, 0.1) is 30.1 Å². The Labute approximate surface area is 169 Å². The molecule has 0 spiro atoms. The van der Waals surface area contributed by atoms with Gasteiger partial charge in [0.1, 0.15) is 0 Å². The van der Waals surface area contributed by atoms with E-state index in [1.54, 1.807) is 18.2 Å². The lowest BCUT2D eigenvalue weighted by Crippen LogP contribution is -2.21. The Morgan fingerprint density at radius 1 is 1.19 bits per heavy atom. The number of nitrogens with zero attached hydrogens (tertiary/aromatic N) is 1. The van der Waals surface area contributed by atoms with Crippen LogP contribution < -0.4 is 19.7 Å². The summed E-state index contributed by atoms with van der Waals surface area (Å²) in [6.45, 7) is 4.24. The second-order valence-corrected chi connectivity index (χ2v) is 7.08. The zero-order valence-electron chi connectivity index (χ0n) is 15.4. The van der Waals surface area contributed by atoms with Crippen LogP contribution in [0.3, 0.4) is 0 Å². The molecule has 0 radical (unpaired) electrons. The van der Waals surface area contributed by atoms with E-state index in [9.17, 15) is 4.79 Å². The molecule has 5 nitrogen and oxygen atoms in total. The molecule has 1 aliphatic heterocycles. The second kappa shape index (κ2) is 8.72. The third-order valence-electron chi connectivity index (χ3n) is 4.43. The van der Waals surface area contributed by atoms with Gasteiger partial charge in [0, 0.05) is 23.7 Å². The summed E-state index contributed by atoms with van der Waals surface area (Å²) in [5, 5.41) is 3.85. The van der Waals surface area contributed by atoms with Gasteiger partial charge < -0.3 is 19.7 Å². The number of amides is 1. The number of halogens is 2. The summed E-state index contributed by atoms with van der Waals surface area (Å²) in [5.74, 6) is 0.556. The van der Waals surface area contributed by atoms with Gasteiger partial charge in [-0.15, -0.1) is 0 Å². The molecule has 7 heteroatoms. The monoisotopic (exact) mass is 408 g/mol. The zero-order chi connectivity index (χ0) is 19.4. The van der Waals surface area contributed by atoms with Gasteiger partial charge >= 0.3 is 0 Å². The fourth-order valence-electron chi connectivity index (χ4n) is 3.17. The lowest BCUT2D eigenvalue weighted by molar-refractivity contribution is 0.102. The third-order valence-corrected chi connectivity index (χ3v) is 4.95. The predicted molar refractivity (Wildman–Crippen MR) is 110 cm³/mol. The molecule has 3 rings (SSSR count). The number of ether oxygens (including phenoxy) is 2. The van der Waals surface area contributed by atoms with E-state index >= 15 is 0 Å². The van der Waals surface area contributed by atoms with Gasteiger partial charge in [-0.25, -0.2) is 0 Å². The quantitative estimate of drug-likeness (QED) is 0.708. The van der Waals surface area contributed by atoms with E-state index in [0.717, 1.165) is 31.6 Å². The van der Waals surface area contributed by atoms with Gasteiger partial charge in [-0.3, -0.25) is 4.79 Å². The van der Waals surface area contributed by atoms with Crippen molar-refractivity contribution < 1.29 is 14.3 Å². The number of hydrogen-bond acceptors (Lipinski definition) is 4. The van der Waals surface area contributed by atoms with Crippen molar-refractivity contribution in [3.05, 3.63) is 45.9 Å². The number of benzene rings is 2. The molecule has 0 aromatic heterocycles. The average molecular weight is 409 g/mol.